The number of carbonyl (C=O) groups is 1. The van der Waals surface area contributed by atoms with Crippen molar-refractivity contribution in [3.05, 3.63) is 30.3 Å². The summed E-state index contributed by atoms with van der Waals surface area (Å²) in [5.41, 5.74) is 0. The van der Waals surface area contributed by atoms with E-state index in [-0.39, 0.29) is 16.7 Å². The standard InChI is InChI=1S/C12H13BrO3/c13-11-8-16-10(6-12(11)14)7-15-9-4-2-1-3-5-9/h1-5,10-11H,6-8H2. The molecule has 3 nitrogen and oxygen atoms in total. The Hall–Kier alpha value is -0.870. The normalized spacial score (nSPS) is 25.4. The maximum atomic E-state index is 11.4. The van der Waals surface area contributed by atoms with Crippen LogP contribution in [0.15, 0.2) is 30.3 Å². The first kappa shape index (κ1) is 11.6. The summed E-state index contributed by atoms with van der Waals surface area (Å²) in [6, 6.07) is 9.53. The lowest BCUT2D eigenvalue weighted by Crippen LogP contribution is -2.37. The highest BCUT2D eigenvalue weighted by Gasteiger charge is 2.27. The fourth-order valence-corrected chi connectivity index (χ4v) is 1.88. The van der Waals surface area contributed by atoms with Crippen molar-refractivity contribution in [1.82, 2.24) is 0 Å². The summed E-state index contributed by atoms with van der Waals surface area (Å²) in [5.74, 6) is 0.993. The molecule has 1 saturated heterocycles. The molecule has 0 aromatic heterocycles. The molecule has 2 atom stereocenters. The largest absolute Gasteiger partial charge is 0.491 e. The van der Waals surface area contributed by atoms with Crippen LogP contribution < -0.4 is 4.74 Å². The molecule has 2 rings (SSSR count). The zero-order valence-corrected chi connectivity index (χ0v) is 10.4. The predicted molar refractivity (Wildman–Crippen MR) is 64.0 cm³/mol. The van der Waals surface area contributed by atoms with E-state index in [0.717, 1.165) is 5.75 Å². The number of hydrogen-bond donors (Lipinski definition) is 0. The van der Waals surface area contributed by atoms with E-state index in [1.807, 2.05) is 30.3 Å². The average molecular weight is 285 g/mol. The Morgan fingerprint density at radius 2 is 2.12 bits per heavy atom. The number of ether oxygens (including phenoxy) is 2. The van der Waals surface area contributed by atoms with Gasteiger partial charge in [-0.05, 0) is 12.1 Å². The minimum atomic E-state index is -0.152. The van der Waals surface area contributed by atoms with E-state index in [1.165, 1.54) is 0 Å². The zero-order chi connectivity index (χ0) is 11.4. The molecule has 0 bridgehead atoms. The first-order chi connectivity index (χ1) is 7.75. The van der Waals surface area contributed by atoms with Gasteiger partial charge in [0.2, 0.25) is 0 Å². The molecule has 86 valence electrons. The van der Waals surface area contributed by atoms with Gasteiger partial charge in [-0.1, -0.05) is 34.1 Å². The van der Waals surface area contributed by atoms with E-state index in [0.29, 0.717) is 19.6 Å². The molecule has 0 radical (unpaired) electrons. The van der Waals surface area contributed by atoms with Crippen molar-refractivity contribution in [3.63, 3.8) is 0 Å². The van der Waals surface area contributed by atoms with Crippen molar-refractivity contribution in [1.29, 1.82) is 0 Å². The Bertz CT molecular complexity index is 353. The first-order valence-corrected chi connectivity index (χ1v) is 6.13. The number of ketones is 1. The summed E-state index contributed by atoms with van der Waals surface area (Å²) in [5, 5.41) is 0. The third-order valence-electron chi connectivity index (χ3n) is 2.44. The van der Waals surface area contributed by atoms with Gasteiger partial charge >= 0.3 is 0 Å². The van der Waals surface area contributed by atoms with Crippen molar-refractivity contribution in [2.24, 2.45) is 0 Å². The minimum Gasteiger partial charge on any atom is -0.491 e. The van der Waals surface area contributed by atoms with E-state index in [9.17, 15) is 4.79 Å². The zero-order valence-electron chi connectivity index (χ0n) is 8.77. The third kappa shape index (κ3) is 3.06. The second kappa shape index (κ2) is 5.46. The SMILES string of the molecule is O=C1CC(COc2ccccc2)OCC1Br. The summed E-state index contributed by atoms with van der Waals surface area (Å²) in [7, 11) is 0. The van der Waals surface area contributed by atoms with Crippen LogP contribution >= 0.6 is 15.9 Å². The topological polar surface area (TPSA) is 35.5 Å². The van der Waals surface area contributed by atoms with Gasteiger partial charge in [0.15, 0.2) is 5.78 Å². The van der Waals surface area contributed by atoms with Crippen molar-refractivity contribution in [2.75, 3.05) is 13.2 Å². The highest BCUT2D eigenvalue weighted by atomic mass is 79.9. The van der Waals surface area contributed by atoms with Gasteiger partial charge in [-0.25, -0.2) is 0 Å². The number of alkyl halides is 1. The van der Waals surface area contributed by atoms with Crippen LogP contribution in [0.3, 0.4) is 0 Å². The molecule has 1 aliphatic rings. The molecule has 1 aromatic rings. The molecule has 0 N–H and O–H groups in total. The number of Topliss-reactive ketones (excluding diaryl/α,β-unsaturated/α-hetero) is 1. The lowest BCUT2D eigenvalue weighted by atomic mass is 10.1. The van der Waals surface area contributed by atoms with Gasteiger partial charge in [-0.3, -0.25) is 4.79 Å². The third-order valence-corrected chi connectivity index (χ3v) is 3.21. The Labute approximate surface area is 103 Å². The van der Waals surface area contributed by atoms with Gasteiger partial charge in [0.25, 0.3) is 0 Å². The predicted octanol–water partition coefficient (Wildman–Crippen LogP) is 2.19. The molecular formula is C12H13BrO3. The number of carbonyl (C=O) groups excluding carboxylic acids is 1. The second-order valence-corrected chi connectivity index (χ2v) is 4.82. The van der Waals surface area contributed by atoms with Gasteiger partial charge in [-0.15, -0.1) is 0 Å². The number of hydrogen-bond acceptors (Lipinski definition) is 3. The summed E-state index contributed by atoms with van der Waals surface area (Å²) >= 11 is 3.26. The molecule has 1 heterocycles. The summed E-state index contributed by atoms with van der Waals surface area (Å²) < 4.78 is 11.0. The van der Waals surface area contributed by atoms with Crippen molar-refractivity contribution in [2.45, 2.75) is 17.4 Å². The molecule has 2 unspecified atom stereocenters. The van der Waals surface area contributed by atoms with Gasteiger partial charge in [0.05, 0.1) is 17.5 Å². The first-order valence-electron chi connectivity index (χ1n) is 5.22. The van der Waals surface area contributed by atoms with Crippen LogP contribution in [0.25, 0.3) is 0 Å². The molecular weight excluding hydrogens is 272 g/mol. The summed E-state index contributed by atoms with van der Waals surface area (Å²) in [6.07, 6.45) is 0.296. The Morgan fingerprint density at radius 3 is 2.81 bits per heavy atom. The fourth-order valence-electron chi connectivity index (χ4n) is 1.54. The van der Waals surface area contributed by atoms with E-state index >= 15 is 0 Å². The lowest BCUT2D eigenvalue weighted by Gasteiger charge is -2.24. The van der Waals surface area contributed by atoms with Crippen LogP contribution in [-0.2, 0) is 9.53 Å². The molecule has 0 amide bonds. The number of para-hydroxylation sites is 1. The van der Waals surface area contributed by atoms with E-state index in [2.05, 4.69) is 15.9 Å². The molecule has 4 heteroatoms. The van der Waals surface area contributed by atoms with Gasteiger partial charge in [0, 0.05) is 6.42 Å². The van der Waals surface area contributed by atoms with Gasteiger partial charge in [-0.2, -0.15) is 0 Å². The lowest BCUT2D eigenvalue weighted by molar-refractivity contribution is -0.128. The minimum absolute atomic E-state index is 0.124. The van der Waals surface area contributed by atoms with E-state index in [1.54, 1.807) is 0 Å². The van der Waals surface area contributed by atoms with E-state index in [4.69, 9.17) is 9.47 Å². The quantitative estimate of drug-likeness (QED) is 0.799. The number of halogens is 1. The monoisotopic (exact) mass is 284 g/mol. The number of rotatable bonds is 3. The number of benzene rings is 1. The van der Waals surface area contributed by atoms with Crippen LogP contribution in [0, 0.1) is 0 Å². The van der Waals surface area contributed by atoms with Crippen LogP contribution in [0.2, 0.25) is 0 Å². The van der Waals surface area contributed by atoms with Crippen LogP contribution in [-0.4, -0.2) is 29.9 Å². The van der Waals surface area contributed by atoms with Crippen molar-refractivity contribution < 1.29 is 14.3 Å². The average Bonchev–Trinajstić information content (AvgIpc) is 2.32. The Morgan fingerprint density at radius 1 is 1.38 bits per heavy atom. The Balaban J connectivity index is 1.81. The maximum absolute atomic E-state index is 11.4. The second-order valence-electron chi connectivity index (χ2n) is 3.72. The van der Waals surface area contributed by atoms with Crippen LogP contribution in [0.5, 0.6) is 5.75 Å². The summed E-state index contributed by atoms with van der Waals surface area (Å²) in [4.78, 5) is 11.3. The smallest absolute Gasteiger partial charge is 0.151 e. The van der Waals surface area contributed by atoms with Crippen molar-refractivity contribution in [3.8, 4) is 5.75 Å². The molecule has 0 spiro atoms. The molecule has 1 fully saturated rings. The van der Waals surface area contributed by atoms with E-state index < -0.39 is 0 Å². The highest BCUT2D eigenvalue weighted by Crippen LogP contribution is 2.17. The van der Waals surface area contributed by atoms with Crippen LogP contribution in [0.4, 0.5) is 0 Å². The van der Waals surface area contributed by atoms with Gasteiger partial charge in [0.1, 0.15) is 12.4 Å². The maximum Gasteiger partial charge on any atom is 0.151 e. The molecule has 1 aliphatic heterocycles. The Kier molecular flexibility index (Phi) is 3.96. The van der Waals surface area contributed by atoms with Gasteiger partial charge < -0.3 is 9.47 Å². The molecule has 0 saturated carbocycles. The fraction of sp³-hybridized carbons (Fsp3) is 0.417. The van der Waals surface area contributed by atoms with Crippen molar-refractivity contribution >= 4 is 21.7 Å². The van der Waals surface area contributed by atoms with Crippen LogP contribution in [0.1, 0.15) is 6.42 Å². The molecule has 16 heavy (non-hydrogen) atoms. The molecule has 0 aliphatic carbocycles. The summed E-state index contributed by atoms with van der Waals surface area (Å²) in [6.45, 7) is 0.858. The highest BCUT2D eigenvalue weighted by molar-refractivity contribution is 9.10. The molecule has 1 aromatic carbocycles.